The van der Waals surface area contributed by atoms with Crippen LogP contribution in [-0.2, 0) is 4.79 Å². The summed E-state index contributed by atoms with van der Waals surface area (Å²) in [5.41, 5.74) is 0. The van der Waals surface area contributed by atoms with E-state index in [1.807, 2.05) is 7.05 Å². The fourth-order valence-electron chi connectivity index (χ4n) is 2.04. The van der Waals surface area contributed by atoms with Gasteiger partial charge in [-0.25, -0.2) is 0 Å². The number of hydrogen-bond acceptors (Lipinski definition) is 2. The molecule has 1 N–H and O–H groups in total. The minimum absolute atomic E-state index is 0.0613. The zero-order valence-corrected chi connectivity index (χ0v) is 7.84. The Morgan fingerprint density at radius 1 is 1.83 bits per heavy atom. The molecule has 2 heteroatoms. The van der Waals surface area contributed by atoms with Crippen LogP contribution in [-0.4, -0.2) is 19.4 Å². The molecule has 0 bridgehead atoms. The Labute approximate surface area is 77.5 Å². The van der Waals surface area contributed by atoms with Gasteiger partial charge in [-0.3, -0.25) is 0 Å². The number of nitrogens with one attached hydrogen (secondary N) is 1. The first-order valence-corrected chi connectivity index (χ1v) is 4.65. The normalized spacial score (nSPS) is 44.8. The summed E-state index contributed by atoms with van der Waals surface area (Å²) in [7, 11) is 1.92. The summed E-state index contributed by atoms with van der Waals surface area (Å²) in [5, 5.41) is 3.22. The molecule has 1 fully saturated rings. The Morgan fingerprint density at radius 2 is 2.58 bits per heavy atom. The van der Waals surface area contributed by atoms with Crippen LogP contribution in [0.5, 0.6) is 0 Å². The van der Waals surface area contributed by atoms with E-state index in [4.69, 9.17) is 2.74 Å². The molecule has 4 atom stereocenters. The molecular formula is C10H19NO. The largest absolute Gasteiger partial charge is 0.317 e. The van der Waals surface area contributed by atoms with Gasteiger partial charge in [-0.2, -0.15) is 0 Å². The Bertz CT molecular complexity index is 210. The number of carbonyl (C=O) groups excluding carboxylic acids is 1. The van der Waals surface area contributed by atoms with Crippen LogP contribution < -0.4 is 5.32 Å². The van der Waals surface area contributed by atoms with E-state index in [0.717, 1.165) is 12.8 Å². The lowest BCUT2D eigenvalue weighted by molar-refractivity contribution is -0.109. The van der Waals surface area contributed by atoms with Crippen LogP contribution in [0.25, 0.3) is 0 Å². The maximum atomic E-state index is 10.8. The minimum atomic E-state index is -0.532. The molecule has 0 aromatic carbocycles. The highest BCUT2D eigenvalue weighted by molar-refractivity contribution is 5.49. The lowest BCUT2D eigenvalue weighted by Crippen LogP contribution is -2.39. The second-order valence-electron chi connectivity index (χ2n) is 3.58. The van der Waals surface area contributed by atoms with Gasteiger partial charge in [0.1, 0.15) is 7.63 Å². The molecule has 0 amide bonds. The van der Waals surface area contributed by atoms with Gasteiger partial charge >= 0.3 is 0 Å². The fraction of sp³-hybridized carbons (Fsp3) is 0.900. The zero-order valence-electron chi connectivity index (χ0n) is 9.84. The first-order chi connectivity index (χ1) is 6.56. The highest BCUT2D eigenvalue weighted by Gasteiger charge is 2.28. The fourth-order valence-corrected chi connectivity index (χ4v) is 2.04. The van der Waals surface area contributed by atoms with Gasteiger partial charge in [0, 0.05) is 13.8 Å². The molecule has 0 aromatic rings. The second kappa shape index (κ2) is 4.61. The van der Waals surface area contributed by atoms with Crippen molar-refractivity contribution in [2.24, 2.45) is 11.8 Å². The number of hydrogen-bond donors (Lipinski definition) is 1. The Morgan fingerprint density at radius 3 is 3.17 bits per heavy atom. The average Bonchev–Trinajstić information content (AvgIpc) is 2.12. The van der Waals surface area contributed by atoms with Gasteiger partial charge in [-0.15, -0.1) is 0 Å². The van der Waals surface area contributed by atoms with E-state index < -0.39 is 6.26 Å². The monoisotopic (exact) mass is 173 g/mol. The van der Waals surface area contributed by atoms with Crippen molar-refractivity contribution in [3.63, 3.8) is 0 Å². The molecule has 4 unspecified atom stereocenters. The van der Waals surface area contributed by atoms with Crippen molar-refractivity contribution < 1.29 is 7.54 Å². The Hall–Kier alpha value is -0.370. The molecular weight excluding hydrogens is 150 g/mol. The van der Waals surface area contributed by atoms with E-state index in [9.17, 15) is 4.79 Å². The van der Waals surface area contributed by atoms with Crippen molar-refractivity contribution in [3.05, 3.63) is 0 Å². The topological polar surface area (TPSA) is 29.1 Å². The molecule has 1 saturated carbocycles. The van der Waals surface area contributed by atoms with Gasteiger partial charge < -0.3 is 10.1 Å². The molecule has 0 heterocycles. The van der Waals surface area contributed by atoms with Gasteiger partial charge in [0.05, 0.1) is 0 Å². The van der Waals surface area contributed by atoms with Crippen LogP contribution in [0.15, 0.2) is 0 Å². The summed E-state index contributed by atoms with van der Waals surface area (Å²) in [4.78, 5) is 10.8. The Balaban J connectivity index is 2.63. The summed E-state index contributed by atoms with van der Waals surface area (Å²) in [6, 6.07) is 0.404. The molecule has 0 aromatic heterocycles. The van der Waals surface area contributed by atoms with E-state index in [-0.39, 0.29) is 18.7 Å². The predicted octanol–water partition coefficient (Wildman–Crippen LogP) is 1.60. The smallest absolute Gasteiger partial charge is 0.120 e. The molecule has 70 valence electrons. The third-order valence-corrected chi connectivity index (χ3v) is 2.95. The summed E-state index contributed by atoms with van der Waals surface area (Å²) < 4.78 is 14.8. The third-order valence-electron chi connectivity index (χ3n) is 2.95. The van der Waals surface area contributed by atoms with Crippen molar-refractivity contribution in [2.45, 2.75) is 38.6 Å². The molecule has 1 rings (SSSR count). The van der Waals surface area contributed by atoms with Crippen LogP contribution in [0.1, 0.15) is 35.3 Å². The SMILES string of the molecule is [3H]C(=O)CC1C([3H])CCC(NC)C1C. The van der Waals surface area contributed by atoms with Gasteiger partial charge in [0.15, 0.2) is 0 Å². The van der Waals surface area contributed by atoms with Crippen LogP contribution in [0, 0.1) is 11.8 Å². The minimum Gasteiger partial charge on any atom is -0.317 e. The van der Waals surface area contributed by atoms with Crippen LogP contribution in [0.4, 0.5) is 0 Å². The van der Waals surface area contributed by atoms with Crippen molar-refractivity contribution in [1.29, 1.82) is 0 Å². The highest BCUT2D eigenvalue weighted by atomic mass is 16.1. The molecule has 0 radical (unpaired) electrons. The van der Waals surface area contributed by atoms with E-state index in [0.29, 0.717) is 12.0 Å². The summed E-state index contributed by atoms with van der Waals surface area (Å²) in [6.07, 6.45) is 1.40. The van der Waals surface area contributed by atoms with Crippen LogP contribution in [0.3, 0.4) is 0 Å². The molecule has 1 aliphatic carbocycles. The molecule has 0 saturated heterocycles. The summed E-state index contributed by atoms with van der Waals surface area (Å²) in [6.45, 7) is 2.08. The Kier molecular flexibility index (Phi) is 2.72. The third kappa shape index (κ3) is 2.07. The van der Waals surface area contributed by atoms with Gasteiger partial charge in [-0.05, 0) is 31.7 Å². The lowest BCUT2D eigenvalue weighted by Gasteiger charge is -2.35. The van der Waals surface area contributed by atoms with E-state index >= 15 is 0 Å². The van der Waals surface area contributed by atoms with Gasteiger partial charge in [0.2, 0.25) is 0 Å². The highest BCUT2D eigenvalue weighted by Crippen LogP contribution is 2.31. The standard InChI is InChI=1S/C10H19NO/c1-8-9(6-7-12)4-3-5-10(8)11-2/h7-11H,3-6H2,1-2H3/i4T,7T. The first-order valence-electron chi connectivity index (χ1n) is 5.73. The maximum absolute atomic E-state index is 10.8. The van der Waals surface area contributed by atoms with Crippen molar-refractivity contribution in [3.8, 4) is 0 Å². The maximum Gasteiger partial charge on any atom is 0.120 e. The predicted molar refractivity (Wildman–Crippen MR) is 50.0 cm³/mol. The lowest BCUT2D eigenvalue weighted by atomic mass is 9.76. The van der Waals surface area contributed by atoms with Gasteiger partial charge in [0.25, 0.3) is 0 Å². The number of carbonyl (C=O) groups is 1. The number of aldehydes is 1. The van der Waals surface area contributed by atoms with Crippen LogP contribution in [0.2, 0.25) is 0 Å². The second-order valence-corrected chi connectivity index (χ2v) is 3.58. The first kappa shape index (κ1) is 7.07. The van der Waals surface area contributed by atoms with Crippen molar-refractivity contribution in [1.82, 2.24) is 5.32 Å². The van der Waals surface area contributed by atoms with E-state index in [2.05, 4.69) is 12.2 Å². The van der Waals surface area contributed by atoms with Crippen molar-refractivity contribution >= 4 is 6.26 Å². The van der Waals surface area contributed by atoms with Crippen molar-refractivity contribution in [2.75, 3.05) is 7.05 Å². The quantitative estimate of drug-likeness (QED) is 0.657. The van der Waals surface area contributed by atoms with Gasteiger partial charge in [-0.1, -0.05) is 13.3 Å². The summed E-state index contributed by atoms with van der Waals surface area (Å²) >= 11 is 0. The molecule has 1 aliphatic rings. The molecule has 2 nitrogen and oxygen atoms in total. The van der Waals surface area contributed by atoms with E-state index in [1.165, 1.54) is 0 Å². The zero-order chi connectivity index (χ0) is 10.7. The number of rotatable bonds is 3. The molecule has 0 spiro atoms. The average molecular weight is 173 g/mol. The summed E-state index contributed by atoms with van der Waals surface area (Å²) in [5.74, 6) is 0.386. The molecule has 12 heavy (non-hydrogen) atoms. The van der Waals surface area contributed by atoms with E-state index in [1.54, 1.807) is 0 Å². The van der Waals surface area contributed by atoms with Crippen LogP contribution >= 0.6 is 0 Å². The molecule has 0 aliphatic heterocycles.